The zero-order valence-corrected chi connectivity index (χ0v) is 15.8. The van der Waals surface area contributed by atoms with Gasteiger partial charge in [-0.25, -0.2) is 9.59 Å². The summed E-state index contributed by atoms with van der Waals surface area (Å²) in [5.41, 5.74) is 2.00. The predicted molar refractivity (Wildman–Crippen MR) is 104 cm³/mol. The molecule has 1 aliphatic heterocycles. The molecule has 2 aromatic carbocycles. The zero-order valence-electron chi connectivity index (χ0n) is 15.8. The SMILES string of the molecule is C[C@@H](c1ccccc1)N1C(=O)OCC1c1cn([C@@H](C)c2ccccc2)c(=O)o1. The summed E-state index contributed by atoms with van der Waals surface area (Å²) in [5.74, 6) is -0.0144. The van der Waals surface area contributed by atoms with Crippen LogP contribution in [-0.2, 0) is 4.74 Å². The summed E-state index contributed by atoms with van der Waals surface area (Å²) in [6.07, 6.45) is 1.28. The molecule has 0 saturated carbocycles. The molecule has 1 amide bonds. The van der Waals surface area contributed by atoms with Gasteiger partial charge >= 0.3 is 11.8 Å². The third-order valence-electron chi connectivity index (χ3n) is 5.32. The summed E-state index contributed by atoms with van der Waals surface area (Å²) in [6.45, 7) is 4.04. The van der Waals surface area contributed by atoms with Crippen molar-refractivity contribution in [2.45, 2.75) is 32.0 Å². The number of carbonyl (C=O) groups is 1. The maximum atomic E-state index is 12.5. The average Bonchev–Trinajstić information content (AvgIpc) is 3.30. The Morgan fingerprint density at radius 3 is 2.07 bits per heavy atom. The van der Waals surface area contributed by atoms with Gasteiger partial charge in [0.1, 0.15) is 12.6 Å². The van der Waals surface area contributed by atoms with Crippen molar-refractivity contribution in [2.75, 3.05) is 6.61 Å². The van der Waals surface area contributed by atoms with Crippen LogP contribution >= 0.6 is 0 Å². The first-order valence-corrected chi connectivity index (χ1v) is 9.33. The Morgan fingerprint density at radius 1 is 0.893 bits per heavy atom. The molecule has 6 heteroatoms. The molecule has 0 N–H and O–H groups in total. The highest BCUT2D eigenvalue weighted by Crippen LogP contribution is 2.35. The summed E-state index contributed by atoms with van der Waals surface area (Å²) in [5, 5.41) is 0. The molecule has 3 atom stereocenters. The quantitative estimate of drug-likeness (QED) is 0.664. The van der Waals surface area contributed by atoms with Crippen molar-refractivity contribution in [1.29, 1.82) is 0 Å². The minimum Gasteiger partial charge on any atom is -0.447 e. The number of amides is 1. The van der Waals surface area contributed by atoms with Crippen LogP contribution in [0.25, 0.3) is 0 Å². The van der Waals surface area contributed by atoms with E-state index in [1.165, 1.54) is 0 Å². The lowest BCUT2D eigenvalue weighted by Gasteiger charge is -2.26. The van der Waals surface area contributed by atoms with Crippen molar-refractivity contribution in [3.05, 3.63) is 94.3 Å². The number of hydrogen-bond donors (Lipinski definition) is 0. The van der Waals surface area contributed by atoms with E-state index in [4.69, 9.17) is 9.15 Å². The number of nitrogens with zero attached hydrogens (tertiary/aromatic N) is 2. The van der Waals surface area contributed by atoms with Crippen molar-refractivity contribution < 1.29 is 13.9 Å². The largest absolute Gasteiger partial charge is 0.447 e. The monoisotopic (exact) mass is 378 g/mol. The molecule has 6 nitrogen and oxygen atoms in total. The van der Waals surface area contributed by atoms with Crippen LogP contribution in [-0.4, -0.2) is 22.2 Å². The second-order valence-electron chi connectivity index (χ2n) is 6.98. The molecule has 1 aliphatic rings. The average molecular weight is 378 g/mol. The highest BCUT2D eigenvalue weighted by atomic mass is 16.6. The molecular weight excluding hydrogens is 356 g/mol. The Bertz CT molecular complexity index is 1010. The van der Waals surface area contributed by atoms with E-state index < -0.39 is 17.9 Å². The fraction of sp³-hybridized carbons (Fsp3) is 0.273. The highest BCUT2D eigenvalue weighted by molar-refractivity contribution is 5.71. The number of cyclic esters (lactones) is 1. The standard InChI is InChI=1S/C22H22N2O4/c1-15(17-9-5-3-6-10-17)23-13-20(28-21(23)25)19-14-27-22(26)24(19)16(2)18-11-7-4-8-12-18/h3-13,15-16,19H,14H2,1-2H3/t15-,16-,19?/m0/s1. The van der Waals surface area contributed by atoms with E-state index in [1.54, 1.807) is 15.7 Å². The maximum Gasteiger partial charge on any atom is 0.419 e. The van der Waals surface area contributed by atoms with Gasteiger partial charge in [0.25, 0.3) is 0 Å². The van der Waals surface area contributed by atoms with Crippen LogP contribution in [0.5, 0.6) is 0 Å². The van der Waals surface area contributed by atoms with Gasteiger partial charge in [0.15, 0.2) is 5.76 Å². The number of ether oxygens (including phenoxy) is 1. The van der Waals surface area contributed by atoms with Crippen molar-refractivity contribution in [2.24, 2.45) is 0 Å². The maximum absolute atomic E-state index is 12.5. The number of hydrogen-bond acceptors (Lipinski definition) is 4. The molecule has 28 heavy (non-hydrogen) atoms. The zero-order chi connectivity index (χ0) is 19.7. The van der Waals surface area contributed by atoms with Crippen molar-refractivity contribution in [3.63, 3.8) is 0 Å². The molecule has 4 rings (SSSR count). The predicted octanol–water partition coefficient (Wildman–Crippen LogP) is 4.31. The summed E-state index contributed by atoms with van der Waals surface area (Å²) in [6, 6.07) is 18.6. The van der Waals surface area contributed by atoms with Crippen molar-refractivity contribution in [3.8, 4) is 0 Å². The number of benzene rings is 2. The highest BCUT2D eigenvalue weighted by Gasteiger charge is 2.40. The first-order valence-electron chi connectivity index (χ1n) is 9.33. The Balaban J connectivity index is 1.65. The minimum atomic E-state index is -0.446. The van der Waals surface area contributed by atoms with Crippen LogP contribution in [0, 0.1) is 0 Å². The Kier molecular flexibility index (Phi) is 4.77. The van der Waals surface area contributed by atoms with Crippen LogP contribution < -0.4 is 5.76 Å². The topological polar surface area (TPSA) is 64.7 Å². The molecule has 3 aromatic rings. The van der Waals surface area contributed by atoms with E-state index in [-0.39, 0.29) is 18.7 Å². The molecular formula is C22H22N2O4. The van der Waals surface area contributed by atoms with Gasteiger partial charge in [0.05, 0.1) is 18.3 Å². The minimum absolute atomic E-state index is 0.155. The molecule has 0 spiro atoms. The third-order valence-corrected chi connectivity index (χ3v) is 5.32. The van der Waals surface area contributed by atoms with Gasteiger partial charge in [-0.1, -0.05) is 60.7 Å². The second-order valence-corrected chi connectivity index (χ2v) is 6.98. The summed E-state index contributed by atoms with van der Waals surface area (Å²) in [4.78, 5) is 26.5. The van der Waals surface area contributed by atoms with E-state index in [0.717, 1.165) is 11.1 Å². The fourth-order valence-corrected chi connectivity index (χ4v) is 3.66. The van der Waals surface area contributed by atoms with E-state index in [1.807, 2.05) is 74.5 Å². The molecule has 0 radical (unpaired) electrons. The van der Waals surface area contributed by atoms with E-state index >= 15 is 0 Å². The van der Waals surface area contributed by atoms with Crippen LogP contribution in [0.4, 0.5) is 4.79 Å². The lowest BCUT2D eigenvalue weighted by Crippen LogP contribution is -2.30. The molecule has 144 valence electrons. The lowest BCUT2D eigenvalue weighted by molar-refractivity contribution is 0.145. The lowest BCUT2D eigenvalue weighted by atomic mass is 10.1. The fourth-order valence-electron chi connectivity index (χ4n) is 3.66. The van der Waals surface area contributed by atoms with Gasteiger partial charge in [0.2, 0.25) is 0 Å². The smallest absolute Gasteiger partial charge is 0.419 e. The summed E-state index contributed by atoms with van der Waals surface area (Å²) >= 11 is 0. The molecule has 1 unspecified atom stereocenters. The third kappa shape index (κ3) is 3.22. The number of aromatic nitrogens is 1. The Labute approximate surface area is 163 Å². The van der Waals surface area contributed by atoms with Gasteiger partial charge < -0.3 is 9.15 Å². The first-order chi connectivity index (χ1) is 13.6. The molecule has 1 fully saturated rings. The second kappa shape index (κ2) is 7.38. The van der Waals surface area contributed by atoms with Crippen molar-refractivity contribution >= 4 is 6.09 Å². The summed E-state index contributed by atoms with van der Waals surface area (Å²) in [7, 11) is 0. The molecule has 0 bridgehead atoms. The van der Waals surface area contributed by atoms with Crippen molar-refractivity contribution in [1.82, 2.24) is 9.47 Å². The van der Waals surface area contributed by atoms with Crippen LogP contribution in [0.1, 0.15) is 48.9 Å². The van der Waals surface area contributed by atoms with Gasteiger partial charge in [-0.05, 0) is 25.0 Å². The molecule has 0 aliphatic carbocycles. The van der Waals surface area contributed by atoms with Gasteiger partial charge in [-0.3, -0.25) is 9.47 Å². The van der Waals surface area contributed by atoms with E-state index in [2.05, 4.69) is 0 Å². The van der Waals surface area contributed by atoms with E-state index in [0.29, 0.717) is 5.76 Å². The van der Waals surface area contributed by atoms with Gasteiger partial charge in [0, 0.05) is 0 Å². The van der Waals surface area contributed by atoms with Gasteiger partial charge in [-0.15, -0.1) is 0 Å². The normalized spacial score (nSPS) is 18.7. The van der Waals surface area contributed by atoms with Crippen LogP contribution in [0.15, 0.2) is 76.1 Å². The Hall–Kier alpha value is -3.28. The Morgan fingerprint density at radius 2 is 1.46 bits per heavy atom. The van der Waals surface area contributed by atoms with E-state index in [9.17, 15) is 9.59 Å². The number of carbonyl (C=O) groups excluding carboxylic acids is 1. The first kappa shape index (κ1) is 18.1. The molecule has 1 saturated heterocycles. The molecule has 1 aromatic heterocycles. The molecule has 2 heterocycles. The number of rotatable bonds is 5. The number of oxazole rings is 1. The summed E-state index contributed by atoms with van der Waals surface area (Å²) < 4.78 is 12.4. The van der Waals surface area contributed by atoms with Gasteiger partial charge in [-0.2, -0.15) is 0 Å². The van der Waals surface area contributed by atoms with Crippen LogP contribution in [0.3, 0.4) is 0 Å². The van der Waals surface area contributed by atoms with Crippen LogP contribution in [0.2, 0.25) is 0 Å².